The van der Waals surface area contributed by atoms with E-state index in [-0.39, 0.29) is 11.8 Å². The number of hydrogen-bond donors (Lipinski definition) is 1. The third kappa shape index (κ3) is 3.43. The lowest BCUT2D eigenvalue weighted by Crippen LogP contribution is -2.21. The second-order valence-electron chi connectivity index (χ2n) is 6.42. The summed E-state index contributed by atoms with van der Waals surface area (Å²) in [6.45, 7) is 6.11. The van der Waals surface area contributed by atoms with Gasteiger partial charge in [0.1, 0.15) is 11.4 Å². The molecule has 0 saturated heterocycles. The van der Waals surface area contributed by atoms with Gasteiger partial charge in [-0.05, 0) is 56.2 Å². The number of imidazole rings is 1. The first-order chi connectivity index (χ1) is 12.6. The van der Waals surface area contributed by atoms with Crippen LogP contribution in [0.5, 0.6) is 5.75 Å². The highest BCUT2D eigenvalue weighted by molar-refractivity contribution is 5.92. The van der Waals surface area contributed by atoms with Crippen molar-refractivity contribution in [2.45, 2.75) is 33.6 Å². The Morgan fingerprint density at radius 3 is 2.46 bits per heavy atom. The van der Waals surface area contributed by atoms with Crippen molar-refractivity contribution in [2.75, 3.05) is 12.4 Å². The number of methoxy groups -OCH3 is 1. The SMILES string of the molecule is CCC(CC)C(=O)Nc1ccc2nc(-c3ccc(OC)cc3)c(C)n2c1. The van der Waals surface area contributed by atoms with Crippen LogP contribution in [0.3, 0.4) is 0 Å². The Hall–Kier alpha value is -2.82. The monoisotopic (exact) mass is 351 g/mol. The van der Waals surface area contributed by atoms with E-state index in [1.54, 1.807) is 7.11 Å². The number of rotatable bonds is 6. The molecule has 0 saturated carbocycles. The highest BCUT2D eigenvalue weighted by Crippen LogP contribution is 2.27. The van der Waals surface area contributed by atoms with Crippen LogP contribution in [-0.4, -0.2) is 22.4 Å². The van der Waals surface area contributed by atoms with Crippen LogP contribution in [-0.2, 0) is 4.79 Å². The topological polar surface area (TPSA) is 55.6 Å². The number of carbonyl (C=O) groups is 1. The molecular weight excluding hydrogens is 326 g/mol. The van der Waals surface area contributed by atoms with Gasteiger partial charge in [-0.1, -0.05) is 13.8 Å². The molecule has 0 spiro atoms. The molecule has 3 aromatic rings. The van der Waals surface area contributed by atoms with Crippen LogP contribution in [0.25, 0.3) is 16.9 Å². The fourth-order valence-electron chi connectivity index (χ4n) is 3.16. The molecule has 26 heavy (non-hydrogen) atoms. The zero-order valence-electron chi connectivity index (χ0n) is 15.7. The summed E-state index contributed by atoms with van der Waals surface area (Å²) in [5, 5.41) is 3.02. The van der Waals surface area contributed by atoms with E-state index in [0.717, 1.165) is 46.9 Å². The molecule has 0 aliphatic rings. The number of nitrogens with one attached hydrogen (secondary N) is 1. The number of anilines is 1. The molecule has 5 nitrogen and oxygen atoms in total. The number of amides is 1. The molecule has 0 aliphatic heterocycles. The quantitative estimate of drug-likeness (QED) is 0.701. The number of ether oxygens (including phenoxy) is 1. The van der Waals surface area contributed by atoms with Gasteiger partial charge in [0, 0.05) is 23.4 Å². The molecule has 2 aromatic heterocycles. The summed E-state index contributed by atoms with van der Waals surface area (Å²) in [5.41, 5.74) is 4.64. The van der Waals surface area contributed by atoms with Gasteiger partial charge in [-0.2, -0.15) is 0 Å². The zero-order chi connectivity index (χ0) is 18.7. The van der Waals surface area contributed by atoms with E-state index < -0.39 is 0 Å². The van der Waals surface area contributed by atoms with E-state index in [4.69, 9.17) is 9.72 Å². The Morgan fingerprint density at radius 1 is 1.15 bits per heavy atom. The number of aryl methyl sites for hydroxylation is 1. The van der Waals surface area contributed by atoms with E-state index in [2.05, 4.69) is 5.32 Å². The summed E-state index contributed by atoms with van der Waals surface area (Å²) in [6.07, 6.45) is 3.62. The molecule has 3 rings (SSSR count). The summed E-state index contributed by atoms with van der Waals surface area (Å²) >= 11 is 0. The van der Waals surface area contributed by atoms with Crippen LogP contribution in [0.4, 0.5) is 5.69 Å². The molecule has 0 bridgehead atoms. The van der Waals surface area contributed by atoms with E-state index in [1.807, 2.05) is 67.8 Å². The first kappa shape index (κ1) is 18.0. The van der Waals surface area contributed by atoms with Gasteiger partial charge in [0.15, 0.2) is 0 Å². The molecule has 1 N–H and O–H groups in total. The minimum atomic E-state index is 0.0458. The minimum absolute atomic E-state index is 0.0458. The second kappa shape index (κ2) is 7.60. The maximum atomic E-state index is 12.3. The molecule has 0 atom stereocenters. The highest BCUT2D eigenvalue weighted by atomic mass is 16.5. The lowest BCUT2D eigenvalue weighted by molar-refractivity contribution is -0.120. The van der Waals surface area contributed by atoms with Gasteiger partial charge in [0.25, 0.3) is 0 Å². The zero-order valence-corrected chi connectivity index (χ0v) is 15.7. The van der Waals surface area contributed by atoms with E-state index in [1.165, 1.54) is 0 Å². The number of nitrogens with zero attached hydrogens (tertiary/aromatic N) is 2. The number of benzene rings is 1. The van der Waals surface area contributed by atoms with Gasteiger partial charge in [0.2, 0.25) is 5.91 Å². The Bertz CT molecular complexity index is 909. The summed E-state index contributed by atoms with van der Waals surface area (Å²) in [5.74, 6) is 0.938. The second-order valence-corrected chi connectivity index (χ2v) is 6.42. The largest absolute Gasteiger partial charge is 0.497 e. The predicted molar refractivity (Wildman–Crippen MR) is 105 cm³/mol. The summed E-state index contributed by atoms with van der Waals surface area (Å²) in [7, 11) is 1.66. The predicted octanol–water partition coefficient (Wildman–Crippen LogP) is 4.69. The van der Waals surface area contributed by atoms with Gasteiger partial charge in [0.05, 0.1) is 18.5 Å². The van der Waals surface area contributed by atoms with Crippen LogP contribution in [0, 0.1) is 12.8 Å². The van der Waals surface area contributed by atoms with Crippen LogP contribution in [0.2, 0.25) is 0 Å². The van der Waals surface area contributed by atoms with Gasteiger partial charge >= 0.3 is 0 Å². The number of fused-ring (bicyclic) bond motifs is 1. The molecule has 136 valence electrons. The van der Waals surface area contributed by atoms with Gasteiger partial charge in [-0.15, -0.1) is 0 Å². The smallest absolute Gasteiger partial charge is 0.227 e. The standard InChI is InChI=1S/C21H25N3O2/c1-5-15(6-2)21(25)22-17-9-12-19-23-20(14(3)24(19)13-17)16-7-10-18(26-4)11-8-16/h7-13,15H,5-6H2,1-4H3,(H,22,25). The molecule has 0 unspecified atom stereocenters. The Labute approximate surface area is 154 Å². The van der Waals surface area contributed by atoms with Crippen molar-refractivity contribution in [1.29, 1.82) is 0 Å². The Morgan fingerprint density at radius 2 is 1.85 bits per heavy atom. The van der Waals surface area contributed by atoms with Gasteiger partial charge in [-0.3, -0.25) is 4.79 Å². The molecule has 0 fully saturated rings. The number of hydrogen-bond acceptors (Lipinski definition) is 3. The number of aromatic nitrogens is 2. The summed E-state index contributed by atoms with van der Waals surface area (Å²) in [4.78, 5) is 17.1. The maximum absolute atomic E-state index is 12.3. The van der Waals surface area contributed by atoms with Crippen LogP contribution in [0.15, 0.2) is 42.6 Å². The summed E-state index contributed by atoms with van der Waals surface area (Å²) < 4.78 is 7.23. The third-order valence-electron chi connectivity index (χ3n) is 4.84. The average Bonchev–Trinajstić information content (AvgIpc) is 2.99. The maximum Gasteiger partial charge on any atom is 0.227 e. The van der Waals surface area contributed by atoms with Gasteiger partial charge < -0.3 is 14.5 Å². The van der Waals surface area contributed by atoms with E-state index in [0.29, 0.717) is 0 Å². The molecule has 5 heteroatoms. The van der Waals surface area contributed by atoms with Crippen molar-refractivity contribution in [3.05, 3.63) is 48.3 Å². The third-order valence-corrected chi connectivity index (χ3v) is 4.84. The number of pyridine rings is 1. The molecule has 1 amide bonds. The highest BCUT2D eigenvalue weighted by Gasteiger charge is 2.15. The van der Waals surface area contributed by atoms with Crippen molar-refractivity contribution in [3.8, 4) is 17.0 Å². The normalized spacial score (nSPS) is 11.1. The lowest BCUT2D eigenvalue weighted by Gasteiger charge is -2.13. The minimum Gasteiger partial charge on any atom is -0.497 e. The van der Waals surface area contributed by atoms with Crippen molar-refractivity contribution in [3.63, 3.8) is 0 Å². The molecule has 1 aromatic carbocycles. The first-order valence-electron chi connectivity index (χ1n) is 9.01. The van der Waals surface area contributed by atoms with Crippen LogP contribution < -0.4 is 10.1 Å². The molecule has 2 heterocycles. The van der Waals surface area contributed by atoms with Crippen molar-refractivity contribution in [1.82, 2.24) is 9.38 Å². The van der Waals surface area contributed by atoms with Gasteiger partial charge in [-0.25, -0.2) is 4.98 Å². The van der Waals surface area contributed by atoms with Crippen molar-refractivity contribution in [2.24, 2.45) is 5.92 Å². The van der Waals surface area contributed by atoms with E-state index >= 15 is 0 Å². The average molecular weight is 351 g/mol. The molecule has 0 aliphatic carbocycles. The lowest BCUT2D eigenvalue weighted by atomic mass is 10.0. The van der Waals surface area contributed by atoms with Crippen LogP contribution >= 0.6 is 0 Å². The van der Waals surface area contributed by atoms with Crippen molar-refractivity contribution >= 4 is 17.2 Å². The fourth-order valence-corrected chi connectivity index (χ4v) is 3.16. The first-order valence-corrected chi connectivity index (χ1v) is 9.01. The summed E-state index contributed by atoms with van der Waals surface area (Å²) in [6, 6.07) is 11.7. The molecular formula is C21H25N3O2. The number of carbonyl (C=O) groups excluding carboxylic acids is 1. The Kier molecular flexibility index (Phi) is 5.26. The molecule has 0 radical (unpaired) electrons. The van der Waals surface area contributed by atoms with Crippen molar-refractivity contribution < 1.29 is 9.53 Å². The van der Waals surface area contributed by atoms with Crippen LogP contribution in [0.1, 0.15) is 32.4 Å². The van der Waals surface area contributed by atoms with E-state index in [9.17, 15) is 4.79 Å². The fraction of sp³-hybridized carbons (Fsp3) is 0.333. The Balaban J connectivity index is 1.92.